The van der Waals surface area contributed by atoms with Gasteiger partial charge in [-0.05, 0) is 38.1 Å². The van der Waals surface area contributed by atoms with Crippen molar-refractivity contribution in [3.8, 4) is 0 Å². The van der Waals surface area contributed by atoms with Crippen LogP contribution in [-0.4, -0.2) is 41.8 Å². The highest BCUT2D eigenvalue weighted by atomic mass is 16.6. The van der Waals surface area contributed by atoms with Crippen LogP contribution >= 0.6 is 0 Å². The molecule has 0 bridgehead atoms. The summed E-state index contributed by atoms with van der Waals surface area (Å²) in [5.74, 6) is -0.574. The molecule has 0 aliphatic heterocycles. The second-order valence-electron chi connectivity index (χ2n) is 6.49. The first-order valence-electron chi connectivity index (χ1n) is 8.92. The summed E-state index contributed by atoms with van der Waals surface area (Å²) >= 11 is 0. The Labute approximate surface area is 163 Å². The summed E-state index contributed by atoms with van der Waals surface area (Å²) in [6, 6.07) is 12.1. The van der Waals surface area contributed by atoms with Crippen molar-refractivity contribution in [2.75, 3.05) is 30.8 Å². The number of nitrogens with one attached hydrogen (secondary N) is 2. The first-order chi connectivity index (χ1) is 13.3. The van der Waals surface area contributed by atoms with Crippen molar-refractivity contribution in [3.05, 3.63) is 63.7 Å². The Balaban J connectivity index is 1.91. The zero-order valence-corrected chi connectivity index (χ0v) is 16.2. The Morgan fingerprint density at radius 1 is 1.00 bits per heavy atom. The van der Waals surface area contributed by atoms with E-state index in [1.54, 1.807) is 24.9 Å². The molecule has 0 aliphatic carbocycles. The van der Waals surface area contributed by atoms with Gasteiger partial charge in [-0.25, -0.2) is 0 Å². The number of carbonyl (C=O) groups is 2. The minimum absolute atomic E-state index is 0.0228. The molecular weight excluding hydrogens is 360 g/mol. The van der Waals surface area contributed by atoms with Gasteiger partial charge in [0.15, 0.2) is 0 Å². The van der Waals surface area contributed by atoms with Crippen LogP contribution in [-0.2, 0) is 16.0 Å². The normalized spacial score (nSPS) is 10.6. The lowest BCUT2D eigenvalue weighted by Gasteiger charge is -2.17. The summed E-state index contributed by atoms with van der Waals surface area (Å²) in [6.45, 7) is 3.61. The van der Waals surface area contributed by atoms with E-state index in [9.17, 15) is 19.7 Å². The Morgan fingerprint density at radius 3 is 2.18 bits per heavy atom. The predicted octanol–water partition coefficient (Wildman–Crippen LogP) is 2.97. The van der Waals surface area contributed by atoms with E-state index in [4.69, 9.17) is 0 Å². The molecule has 0 aromatic heterocycles. The number of anilines is 2. The molecule has 28 heavy (non-hydrogen) atoms. The van der Waals surface area contributed by atoms with E-state index in [-0.39, 0.29) is 30.6 Å². The van der Waals surface area contributed by atoms with Gasteiger partial charge >= 0.3 is 0 Å². The molecule has 0 radical (unpaired) electrons. The highest BCUT2D eigenvalue weighted by Crippen LogP contribution is 2.24. The fourth-order valence-corrected chi connectivity index (χ4v) is 2.83. The van der Waals surface area contributed by atoms with Crippen molar-refractivity contribution in [2.45, 2.75) is 20.3 Å². The molecular formula is C20H24N4O4. The van der Waals surface area contributed by atoms with Crippen molar-refractivity contribution in [3.63, 3.8) is 0 Å². The monoisotopic (exact) mass is 384 g/mol. The molecule has 2 N–H and O–H groups in total. The maximum absolute atomic E-state index is 12.2. The fraction of sp³-hybridized carbons (Fsp3) is 0.300. The number of nitro groups is 1. The Kier molecular flexibility index (Phi) is 7.22. The van der Waals surface area contributed by atoms with E-state index in [1.165, 1.54) is 12.1 Å². The summed E-state index contributed by atoms with van der Waals surface area (Å²) < 4.78 is 0. The van der Waals surface area contributed by atoms with Gasteiger partial charge in [0.1, 0.15) is 0 Å². The quantitative estimate of drug-likeness (QED) is 0.538. The van der Waals surface area contributed by atoms with Gasteiger partial charge in [-0.2, -0.15) is 0 Å². The summed E-state index contributed by atoms with van der Waals surface area (Å²) in [6.07, 6.45) is 0.803. The van der Waals surface area contributed by atoms with Crippen LogP contribution in [0.3, 0.4) is 0 Å². The van der Waals surface area contributed by atoms with Gasteiger partial charge in [-0.15, -0.1) is 0 Å². The third-order valence-corrected chi connectivity index (χ3v) is 4.28. The fourth-order valence-electron chi connectivity index (χ4n) is 2.83. The SMILES string of the molecule is CCc1ccccc1NC(=O)CN(C)CC(=O)Nc1cccc([N+](=O)[O-])c1C. The van der Waals surface area contributed by atoms with Crippen molar-refractivity contribution >= 4 is 28.9 Å². The minimum Gasteiger partial charge on any atom is -0.325 e. The standard InChI is InChI=1S/C20H24N4O4/c1-4-15-8-5-6-9-17(15)22-20(26)13-23(3)12-19(25)21-16-10-7-11-18(14(16)2)24(27)28/h5-11H,4,12-13H2,1-3H3,(H,21,25)(H,22,26). The largest absolute Gasteiger partial charge is 0.325 e. The molecule has 0 heterocycles. The lowest BCUT2D eigenvalue weighted by atomic mass is 10.1. The first-order valence-corrected chi connectivity index (χ1v) is 8.92. The number of aryl methyl sites for hydroxylation is 1. The van der Waals surface area contributed by atoms with Crippen molar-refractivity contribution < 1.29 is 14.5 Å². The van der Waals surface area contributed by atoms with Gasteiger partial charge in [-0.1, -0.05) is 31.2 Å². The molecule has 0 aliphatic rings. The number of amides is 2. The molecule has 2 rings (SSSR count). The van der Waals surface area contributed by atoms with Gasteiger partial charge in [0, 0.05) is 11.8 Å². The Hall–Kier alpha value is -3.26. The molecule has 2 amide bonds. The average molecular weight is 384 g/mol. The predicted molar refractivity (Wildman–Crippen MR) is 108 cm³/mol. The highest BCUT2D eigenvalue weighted by Gasteiger charge is 2.16. The van der Waals surface area contributed by atoms with Crippen molar-refractivity contribution in [1.29, 1.82) is 0 Å². The third kappa shape index (κ3) is 5.62. The number of likely N-dealkylation sites (N-methyl/N-ethyl adjacent to an activating group) is 1. The highest BCUT2D eigenvalue weighted by molar-refractivity contribution is 5.95. The molecule has 8 heteroatoms. The molecule has 2 aromatic rings. The summed E-state index contributed by atoms with van der Waals surface area (Å²) in [5.41, 5.74) is 2.52. The zero-order valence-electron chi connectivity index (χ0n) is 16.2. The zero-order chi connectivity index (χ0) is 20.7. The number of nitro benzene ring substituents is 1. The number of benzene rings is 2. The van der Waals surface area contributed by atoms with E-state index < -0.39 is 4.92 Å². The molecule has 0 spiro atoms. The number of hydrogen-bond donors (Lipinski definition) is 2. The molecule has 0 saturated carbocycles. The lowest BCUT2D eigenvalue weighted by Crippen LogP contribution is -2.36. The summed E-state index contributed by atoms with van der Waals surface area (Å²) in [5, 5.41) is 16.5. The molecule has 148 valence electrons. The minimum atomic E-state index is -0.490. The maximum atomic E-state index is 12.2. The van der Waals surface area contributed by atoms with Crippen LogP contribution in [0.1, 0.15) is 18.1 Å². The number of nitrogens with zero attached hydrogens (tertiary/aromatic N) is 2. The van der Waals surface area contributed by atoms with E-state index in [2.05, 4.69) is 10.6 Å². The second kappa shape index (κ2) is 9.61. The third-order valence-electron chi connectivity index (χ3n) is 4.28. The number of rotatable bonds is 8. The van der Waals surface area contributed by atoms with Gasteiger partial charge in [-0.3, -0.25) is 24.6 Å². The number of hydrogen-bond acceptors (Lipinski definition) is 5. The van der Waals surface area contributed by atoms with Crippen LogP contribution in [0.2, 0.25) is 0 Å². The van der Waals surface area contributed by atoms with Crippen LogP contribution in [0.15, 0.2) is 42.5 Å². The summed E-state index contributed by atoms with van der Waals surface area (Å²) in [4.78, 5) is 36.6. The molecule has 2 aromatic carbocycles. The van der Waals surface area contributed by atoms with Crippen LogP contribution < -0.4 is 10.6 Å². The average Bonchev–Trinajstić information content (AvgIpc) is 2.63. The summed E-state index contributed by atoms with van der Waals surface area (Å²) in [7, 11) is 1.66. The molecule has 0 unspecified atom stereocenters. The molecule has 0 saturated heterocycles. The Morgan fingerprint density at radius 2 is 1.57 bits per heavy atom. The van der Waals surface area contributed by atoms with Crippen LogP contribution in [0.4, 0.5) is 17.1 Å². The first kappa shape index (κ1) is 21.0. The van der Waals surface area contributed by atoms with E-state index in [0.29, 0.717) is 11.3 Å². The smallest absolute Gasteiger partial charge is 0.274 e. The van der Waals surface area contributed by atoms with Crippen molar-refractivity contribution in [2.24, 2.45) is 0 Å². The maximum Gasteiger partial charge on any atom is 0.274 e. The van der Waals surface area contributed by atoms with E-state index >= 15 is 0 Å². The topological polar surface area (TPSA) is 105 Å². The second-order valence-corrected chi connectivity index (χ2v) is 6.49. The van der Waals surface area contributed by atoms with E-state index in [0.717, 1.165) is 17.7 Å². The van der Waals surface area contributed by atoms with Crippen LogP contribution in [0.5, 0.6) is 0 Å². The lowest BCUT2D eigenvalue weighted by molar-refractivity contribution is -0.385. The van der Waals surface area contributed by atoms with Crippen LogP contribution in [0, 0.1) is 17.0 Å². The molecule has 0 atom stereocenters. The molecule has 8 nitrogen and oxygen atoms in total. The van der Waals surface area contributed by atoms with Gasteiger partial charge in [0.05, 0.1) is 29.3 Å². The van der Waals surface area contributed by atoms with E-state index in [1.807, 2.05) is 31.2 Å². The number of carbonyl (C=O) groups excluding carboxylic acids is 2. The molecule has 0 fully saturated rings. The number of para-hydroxylation sites is 1. The Bertz CT molecular complexity index is 882. The van der Waals surface area contributed by atoms with Gasteiger partial charge in [0.25, 0.3) is 5.69 Å². The van der Waals surface area contributed by atoms with Crippen molar-refractivity contribution in [1.82, 2.24) is 4.90 Å². The van der Waals surface area contributed by atoms with Crippen LogP contribution in [0.25, 0.3) is 0 Å². The van der Waals surface area contributed by atoms with Gasteiger partial charge < -0.3 is 10.6 Å². The van der Waals surface area contributed by atoms with Gasteiger partial charge in [0.2, 0.25) is 11.8 Å².